The number of aliphatic hydroxyl groups excluding tert-OH is 1. The van der Waals surface area contributed by atoms with Crippen molar-refractivity contribution in [2.24, 2.45) is 0 Å². The van der Waals surface area contributed by atoms with Gasteiger partial charge in [0.1, 0.15) is 11.4 Å². The first-order chi connectivity index (χ1) is 14.1. The maximum Gasteiger partial charge on any atom is 0.339 e. The van der Waals surface area contributed by atoms with Crippen LogP contribution in [0.4, 0.5) is 0 Å². The van der Waals surface area contributed by atoms with Crippen molar-refractivity contribution in [1.82, 2.24) is 0 Å². The SMILES string of the molecule is CCCCCCCC(=O)CCCCCC/C=C/C[C@@](O)(CCO)C(=O)OC(C)(C)C. The Morgan fingerprint density at radius 2 is 1.43 bits per heavy atom. The predicted molar refractivity (Wildman–Crippen MR) is 122 cm³/mol. The van der Waals surface area contributed by atoms with Crippen molar-refractivity contribution < 1.29 is 24.5 Å². The number of hydrogen-bond acceptors (Lipinski definition) is 5. The minimum absolute atomic E-state index is 0.0428. The Bertz CT molecular complexity index is 492. The summed E-state index contributed by atoms with van der Waals surface area (Å²) in [6, 6.07) is 0. The van der Waals surface area contributed by atoms with Crippen molar-refractivity contribution in [2.75, 3.05) is 6.61 Å². The number of ketones is 1. The summed E-state index contributed by atoms with van der Waals surface area (Å²) in [6.45, 7) is 7.17. The van der Waals surface area contributed by atoms with Gasteiger partial charge in [-0.3, -0.25) is 4.79 Å². The van der Waals surface area contributed by atoms with Gasteiger partial charge in [-0.1, -0.05) is 57.6 Å². The first-order valence-corrected chi connectivity index (χ1v) is 11.9. The molecule has 0 bridgehead atoms. The summed E-state index contributed by atoms with van der Waals surface area (Å²) in [7, 11) is 0. The van der Waals surface area contributed by atoms with Crippen LogP contribution in [0.2, 0.25) is 0 Å². The zero-order valence-electron chi connectivity index (χ0n) is 19.9. The fourth-order valence-corrected chi connectivity index (χ4v) is 3.23. The van der Waals surface area contributed by atoms with Gasteiger partial charge < -0.3 is 14.9 Å². The molecule has 0 saturated carbocycles. The van der Waals surface area contributed by atoms with Crippen LogP contribution in [0, 0.1) is 0 Å². The smallest absolute Gasteiger partial charge is 0.339 e. The Labute approximate surface area is 184 Å². The topological polar surface area (TPSA) is 83.8 Å². The summed E-state index contributed by atoms with van der Waals surface area (Å²) >= 11 is 0. The standard InChI is InChI=1S/C25H46O5/c1-5-6-7-11-14-17-22(27)18-15-12-9-8-10-13-16-19-25(29,20-21-26)23(28)30-24(2,3)4/h13,16,26,29H,5-12,14-15,17-21H2,1-4H3/b16-13+/t25-/m1/s1. The molecule has 0 aliphatic carbocycles. The molecule has 0 aromatic carbocycles. The average molecular weight is 427 g/mol. The molecule has 0 radical (unpaired) electrons. The van der Waals surface area contributed by atoms with Gasteiger partial charge in [-0.2, -0.15) is 0 Å². The van der Waals surface area contributed by atoms with E-state index in [2.05, 4.69) is 6.92 Å². The number of unbranched alkanes of at least 4 members (excludes halogenated alkanes) is 8. The summed E-state index contributed by atoms with van der Waals surface area (Å²) < 4.78 is 5.28. The Balaban J connectivity index is 3.93. The highest BCUT2D eigenvalue weighted by molar-refractivity contribution is 5.80. The van der Waals surface area contributed by atoms with Crippen LogP contribution >= 0.6 is 0 Å². The van der Waals surface area contributed by atoms with Crippen LogP contribution in [0.5, 0.6) is 0 Å². The fraction of sp³-hybridized carbons (Fsp3) is 0.840. The zero-order chi connectivity index (χ0) is 22.9. The highest BCUT2D eigenvalue weighted by Gasteiger charge is 2.38. The van der Waals surface area contributed by atoms with Crippen LogP contribution in [0.3, 0.4) is 0 Å². The van der Waals surface area contributed by atoms with E-state index in [1.165, 1.54) is 25.7 Å². The van der Waals surface area contributed by atoms with Gasteiger partial charge in [0.25, 0.3) is 0 Å². The Kier molecular flexibility index (Phi) is 15.8. The largest absolute Gasteiger partial charge is 0.458 e. The molecule has 0 aromatic heterocycles. The number of ether oxygens (including phenoxy) is 1. The van der Waals surface area contributed by atoms with E-state index in [9.17, 15) is 19.8 Å². The van der Waals surface area contributed by atoms with Crippen LogP contribution in [-0.4, -0.2) is 39.8 Å². The first-order valence-electron chi connectivity index (χ1n) is 11.9. The Morgan fingerprint density at radius 3 is 1.97 bits per heavy atom. The molecule has 30 heavy (non-hydrogen) atoms. The number of rotatable bonds is 18. The van der Waals surface area contributed by atoms with E-state index in [0.717, 1.165) is 44.9 Å². The van der Waals surface area contributed by atoms with E-state index >= 15 is 0 Å². The second-order valence-electron chi connectivity index (χ2n) is 9.34. The van der Waals surface area contributed by atoms with Gasteiger partial charge in [-0.05, 0) is 46.5 Å². The molecule has 0 unspecified atom stereocenters. The molecule has 5 nitrogen and oxygen atoms in total. The Morgan fingerprint density at radius 1 is 0.867 bits per heavy atom. The molecule has 0 amide bonds. The van der Waals surface area contributed by atoms with Gasteiger partial charge in [-0.15, -0.1) is 0 Å². The maximum atomic E-state index is 12.2. The second kappa shape index (κ2) is 16.5. The van der Waals surface area contributed by atoms with Gasteiger partial charge in [0.2, 0.25) is 0 Å². The van der Waals surface area contributed by atoms with Gasteiger partial charge in [0.15, 0.2) is 5.60 Å². The molecule has 0 rings (SSSR count). The number of allylic oxidation sites excluding steroid dienone is 1. The van der Waals surface area contributed by atoms with Crippen molar-refractivity contribution in [1.29, 1.82) is 0 Å². The molecular weight excluding hydrogens is 380 g/mol. The second-order valence-corrected chi connectivity index (χ2v) is 9.34. The molecule has 2 N–H and O–H groups in total. The zero-order valence-corrected chi connectivity index (χ0v) is 19.9. The van der Waals surface area contributed by atoms with Crippen molar-refractivity contribution in [3.8, 4) is 0 Å². The van der Waals surface area contributed by atoms with Crippen molar-refractivity contribution in [3.63, 3.8) is 0 Å². The number of hydrogen-bond donors (Lipinski definition) is 2. The minimum Gasteiger partial charge on any atom is -0.458 e. The van der Waals surface area contributed by atoms with Crippen LogP contribution in [0.15, 0.2) is 12.2 Å². The highest BCUT2D eigenvalue weighted by Crippen LogP contribution is 2.22. The lowest BCUT2D eigenvalue weighted by Crippen LogP contribution is -2.44. The minimum atomic E-state index is -1.69. The lowest BCUT2D eigenvalue weighted by Gasteiger charge is -2.29. The number of Topliss-reactive ketones (excluding diaryl/α,β-unsaturated/α-hetero) is 1. The third kappa shape index (κ3) is 15.6. The van der Waals surface area contributed by atoms with Crippen molar-refractivity contribution in [2.45, 2.75) is 129 Å². The van der Waals surface area contributed by atoms with E-state index in [4.69, 9.17) is 4.74 Å². The number of esters is 1. The van der Waals surface area contributed by atoms with Crippen LogP contribution in [-0.2, 0) is 14.3 Å². The molecule has 0 saturated heterocycles. The van der Waals surface area contributed by atoms with E-state index in [-0.39, 0.29) is 19.4 Å². The quantitative estimate of drug-likeness (QED) is 0.168. The molecule has 0 heterocycles. The van der Waals surface area contributed by atoms with Crippen LogP contribution < -0.4 is 0 Å². The van der Waals surface area contributed by atoms with E-state index in [1.807, 2.05) is 6.08 Å². The maximum absolute atomic E-state index is 12.2. The molecule has 0 aromatic rings. The molecule has 0 aliphatic rings. The van der Waals surface area contributed by atoms with E-state index in [0.29, 0.717) is 12.2 Å². The Hall–Kier alpha value is -1.20. The monoisotopic (exact) mass is 426 g/mol. The van der Waals surface area contributed by atoms with Gasteiger partial charge in [0, 0.05) is 32.3 Å². The summed E-state index contributed by atoms with van der Waals surface area (Å²) in [5.41, 5.74) is -2.36. The number of aliphatic hydroxyl groups is 2. The molecular formula is C25H46O5. The van der Waals surface area contributed by atoms with Crippen molar-refractivity contribution >= 4 is 11.8 Å². The summed E-state index contributed by atoms with van der Waals surface area (Å²) in [5, 5.41) is 19.7. The first kappa shape index (κ1) is 28.8. The normalized spacial score (nSPS) is 14.1. The molecule has 0 spiro atoms. The third-order valence-electron chi connectivity index (χ3n) is 5.06. The molecule has 5 heteroatoms. The molecule has 1 atom stereocenters. The number of carbonyl (C=O) groups excluding carboxylic acids is 2. The lowest BCUT2D eigenvalue weighted by molar-refractivity contribution is -0.178. The van der Waals surface area contributed by atoms with Gasteiger partial charge >= 0.3 is 5.97 Å². The molecule has 176 valence electrons. The van der Waals surface area contributed by atoms with Crippen LogP contribution in [0.25, 0.3) is 0 Å². The highest BCUT2D eigenvalue weighted by atomic mass is 16.6. The van der Waals surface area contributed by atoms with Gasteiger partial charge in [-0.25, -0.2) is 4.79 Å². The molecule has 0 fully saturated rings. The average Bonchev–Trinajstić information content (AvgIpc) is 2.65. The third-order valence-corrected chi connectivity index (χ3v) is 5.06. The van der Waals surface area contributed by atoms with E-state index in [1.54, 1.807) is 26.8 Å². The summed E-state index contributed by atoms with van der Waals surface area (Å²) in [6.07, 6.45) is 16.2. The van der Waals surface area contributed by atoms with E-state index < -0.39 is 17.2 Å². The summed E-state index contributed by atoms with van der Waals surface area (Å²) in [4.78, 5) is 24.1. The number of carbonyl (C=O) groups is 2. The van der Waals surface area contributed by atoms with Crippen molar-refractivity contribution in [3.05, 3.63) is 12.2 Å². The van der Waals surface area contributed by atoms with Gasteiger partial charge in [0.05, 0.1) is 0 Å². The molecule has 0 aliphatic heterocycles. The predicted octanol–water partition coefficient (Wildman–Crippen LogP) is 5.66. The fourth-order valence-electron chi connectivity index (χ4n) is 3.23. The summed E-state index contributed by atoms with van der Waals surface area (Å²) in [5.74, 6) is -0.291. The van der Waals surface area contributed by atoms with Crippen LogP contribution in [0.1, 0.15) is 118 Å². The lowest BCUT2D eigenvalue weighted by atomic mass is 9.95.